The van der Waals surface area contributed by atoms with E-state index in [0.717, 1.165) is 12.8 Å². The van der Waals surface area contributed by atoms with E-state index < -0.39 is 0 Å². The van der Waals surface area contributed by atoms with Crippen LogP contribution in [0.25, 0.3) is 0 Å². The molecule has 1 amide bonds. The van der Waals surface area contributed by atoms with Crippen LogP contribution in [0.3, 0.4) is 0 Å². The van der Waals surface area contributed by atoms with E-state index in [0.29, 0.717) is 18.5 Å². The number of hydrogen-bond donors (Lipinski definition) is 0. The SMILES string of the molecule is CCCCCCCCCCCC(=O)OCN(CC)C(=O)c1cccnc1.[Cl-]. The van der Waals surface area contributed by atoms with Gasteiger partial charge in [-0.05, 0) is 25.5 Å². The van der Waals surface area contributed by atoms with E-state index in [1.165, 1.54) is 56.0 Å². The van der Waals surface area contributed by atoms with Gasteiger partial charge in [-0.1, -0.05) is 58.3 Å². The molecule has 0 aliphatic rings. The Morgan fingerprint density at radius 3 is 2.19 bits per heavy atom. The molecular formula is C21H34ClN2O3-. The van der Waals surface area contributed by atoms with Crippen LogP contribution in [0.2, 0.25) is 0 Å². The summed E-state index contributed by atoms with van der Waals surface area (Å²) < 4.78 is 5.26. The normalized spacial score (nSPS) is 10.1. The largest absolute Gasteiger partial charge is 1.00 e. The van der Waals surface area contributed by atoms with Crippen LogP contribution >= 0.6 is 0 Å². The van der Waals surface area contributed by atoms with Crippen molar-refractivity contribution in [2.75, 3.05) is 13.3 Å². The van der Waals surface area contributed by atoms with Gasteiger partial charge in [0.1, 0.15) is 0 Å². The molecule has 1 rings (SSSR count). The summed E-state index contributed by atoms with van der Waals surface area (Å²) in [6, 6.07) is 3.43. The topological polar surface area (TPSA) is 59.5 Å². The van der Waals surface area contributed by atoms with Crippen LogP contribution in [-0.4, -0.2) is 35.0 Å². The molecule has 0 radical (unpaired) electrons. The first-order valence-electron chi connectivity index (χ1n) is 10.0. The zero-order chi connectivity index (χ0) is 19.0. The Morgan fingerprint density at radius 2 is 1.63 bits per heavy atom. The first-order chi connectivity index (χ1) is 12.7. The Kier molecular flexibility index (Phi) is 15.6. The summed E-state index contributed by atoms with van der Waals surface area (Å²) in [4.78, 5) is 29.6. The van der Waals surface area contributed by atoms with Gasteiger partial charge in [0, 0.05) is 25.4 Å². The predicted octanol–water partition coefficient (Wildman–Crippen LogP) is 1.97. The van der Waals surface area contributed by atoms with Crippen molar-refractivity contribution in [3.8, 4) is 0 Å². The highest BCUT2D eigenvalue weighted by Crippen LogP contribution is 2.11. The van der Waals surface area contributed by atoms with Gasteiger partial charge >= 0.3 is 5.97 Å². The van der Waals surface area contributed by atoms with Crippen molar-refractivity contribution in [3.05, 3.63) is 30.1 Å². The number of rotatable bonds is 14. The molecule has 0 saturated heterocycles. The lowest BCUT2D eigenvalue weighted by atomic mass is 10.1. The molecule has 0 N–H and O–H groups in total. The molecule has 0 saturated carbocycles. The molecule has 5 nitrogen and oxygen atoms in total. The number of ether oxygens (including phenoxy) is 1. The number of unbranched alkanes of at least 4 members (excludes halogenated alkanes) is 8. The van der Waals surface area contributed by atoms with Crippen LogP contribution in [0, 0.1) is 0 Å². The van der Waals surface area contributed by atoms with Crippen molar-refractivity contribution >= 4 is 11.9 Å². The highest BCUT2D eigenvalue weighted by molar-refractivity contribution is 5.93. The molecule has 6 heteroatoms. The maximum absolute atomic E-state index is 12.3. The van der Waals surface area contributed by atoms with Crippen LogP contribution in [0.4, 0.5) is 0 Å². The van der Waals surface area contributed by atoms with Crippen LogP contribution in [-0.2, 0) is 9.53 Å². The lowest BCUT2D eigenvalue weighted by molar-refractivity contribution is -0.147. The van der Waals surface area contributed by atoms with E-state index >= 15 is 0 Å². The summed E-state index contributed by atoms with van der Waals surface area (Å²) in [6.07, 6.45) is 14.5. The molecule has 1 aromatic heterocycles. The molecule has 0 fully saturated rings. The van der Waals surface area contributed by atoms with Crippen molar-refractivity contribution in [1.82, 2.24) is 9.88 Å². The molecule has 0 bridgehead atoms. The Morgan fingerprint density at radius 1 is 1.00 bits per heavy atom. The smallest absolute Gasteiger partial charge is 0.307 e. The van der Waals surface area contributed by atoms with Gasteiger partial charge < -0.3 is 22.0 Å². The first kappa shape index (κ1) is 25.4. The monoisotopic (exact) mass is 397 g/mol. The third-order valence-corrected chi connectivity index (χ3v) is 4.44. The van der Waals surface area contributed by atoms with E-state index in [9.17, 15) is 9.59 Å². The maximum atomic E-state index is 12.3. The molecule has 0 aromatic carbocycles. The van der Waals surface area contributed by atoms with Crippen LogP contribution < -0.4 is 12.4 Å². The van der Waals surface area contributed by atoms with Gasteiger partial charge in [0.15, 0.2) is 6.73 Å². The Hall–Kier alpha value is -1.62. The summed E-state index contributed by atoms with van der Waals surface area (Å²) in [6.45, 7) is 4.58. The summed E-state index contributed by atoms with van der Waals surface area (Å²) in [5.74, 6) is -0.401. The number of carbonyl (C=O) groups excluding carboxylic acids is 2. The summed E-state index contributed by atoms with van der Waals surface area (Å²) in [5, 5.41) is 0. The van der Waals surface area contributed by atoms with E-state index in [4.69, 9.17) is 4.74 Å². The molecule has 1 heterocycles. The minimum atomic E-state index is -0.231. The second-order valence-electron chi connectivity index (χ2n) is 6.63. The number of carbonyl (C=O) groups is 2. The maximum Gasteiger partial charge on any atom is 0.307 e. The van der Waals surface area contributed by atoms with E-state index in [-0.39, 0.29) is 31.0 Å². The average Bonchev–Trinajstić information content (AvgIpc) is 2.67. The van der Waals surface area contributed by atoms with E-state index in [1.807, 2.05) is 6.92 Å². The van der Waals surface area contributed by atoms with Crippen LogP contribution in [0.5, 0.6) is 0 Å². The van der Waals surface area contributed by atoms with Gasteiger partial charge in [0.2, 0.25) is 0 Å². The Labute approximate surface area is 170 Å². The highest BCUT2D eigenvalue weighted by Gasteiger charge is 2.15. The van der Waals surface area contributed by atoms with Crippen molar-refractivity contribution in [2.24, 2.45) is 0 Å². The summed E-state index contributed by atoms with van der Waals surface area (Å²) in [7, 11) is 0. The van der Waals surface area contributed by atoms with E-state index in [1.54, 1.807) is 18.3 Å². The van der Waals surface area contributed by atoms with Gasteiger partial charge in [-0.15, -0.1) is 0 Å². The standard InChI is InChI=1S/C21H34N2O3.ClH/c1-3-5-6-7-8-9-10-11-12-15-20(24)26-18-23(4-2)21(25)19-14-13-16-22-17-19;/h13-14,16-17H,3-12,15,18H2,1-2H3;1H/p-1. The van der Waals surface area contributed by atoms with Gasteiger partial charge in [-0.3, -0.25) is 14.6 Å². The third kappa shape index (κ3) is 11.6. The molecule has 0 aliphatic carbocycles. The van der Waals surface area contributed by atoms with Crippen molar-refractivity contribution < 1.29 is 26.7 Å². The van der Waals surface area contributed by atoms with Crippen molar-refractivity contribution in [1.29, 1.82) is 0 Å². The number of halogens is 1. The minimum absolute atomic E-state index is 0. The Balaban J connectivity index is 0.00000676. The fourth-order valence-electron chi connectivity index (χ4n) is 2.77. The number of pyridine rings is 1. The Bertz CT molecular complexity index is 511. The molecule has 0 aliphatic heterocycles. The molecule has 0 unspecified atom stereocenters. The molecule has 0 atom stereocenters. The average molecular weight is 398 g/mol. The number of nitrogens with zero attached hydrogens (tertiary/aromatic N) is 2. The van der Waals surface area contributed by atoms with Crippen LogP contribution in [0.15, 0.2) is 24.5 Å². The number of amides is 1. The zero-order valence-corrected chi connectivity index (χ0v) is 17.5. The highest BCUT2D eigenvalue weighted by atomic mass is 35.5. The molecule has 27 heavy (non-hydrogen) atoms. The fraction of sp³-hybridized carbons (Fsp3) is 0.667. The molecular weight excluding hydrogens is 364 g/mol. The number of aromatic nitrogens is 1. The second-order valence-corrected chi connectivity index (χ2v) is 6.63. The van der Waals surface area contributed by atoms with Gasteiger partial charge in [0.25, 0.3) is 5.91 Å². The minimum Gasteiger partial charge on any atom is -1.00 e. The van der Waals surface area contributed by atoms with E-state index in [2.05, 4.69) is 11.9 Å². The summed E-state index contributed by atoms with van der Waals surface area (Å²) in [5.41, 5.74) is 0.504. The molecule has 154 valence electrons. The number of esters is 1. The lowest BCUT2D eigenvalue weighted by Gasteiger charge is -2.20. The summed E-state index contributed by atoms with van der Waals surface area (Å²) >= 11 is 0. The molecule has 0 spiro atoms. The predicted molar refractivity (Wildman–Crippen MR) is 104 cm³/mol. The van der Waals surface area contributed by atoms with Gasteiger partial charge in [-0.2, -0.15) is 0 Å². The quantitative estimate of drug-likeness (QED) is 0.273. The fourth-order valence-corrected chi connectivity index (χ4v) is 2.77. The zero-order valence-electron chi connectivity index (χ0n) is 16.8. The van der Waals surface area contributed by atoms with Gasteiger partial charge in [-0.25, -0.2) is 0 Å². The van der Waals surface area contributed by atoms with Crippen molar-refractivity contribution in [3.63, 3.8) is 0 Å². The van der Waals surface area contributed by atoms with Crippen molar-refractivity contribution in [2.45, 2.75) is 78.1 Å². The van der Waals surface area contributed by atoms with Crippen LogP contribution in [0.1, 0.15) is 88.4 Å². The number of hydrogen-bond acceptors (Lipinski definition) is 4. The first-order valence-corrected chi connectivity index (χ1v) is 10.0. The van der Waals surface area contributed by atoms with Gasteiger partial charge in [0.05, 0.1) is 5.56 Å². The molecule has 1 aromatic rings. The second kappa shape index (κ2) is 16.5. The lowest BCUT2D eigenvalue weighted by Crippen LogP contribution is -3.00. The third-order valence-electron chi connectivity index (χ3n) is 4.44.